The lowest BCUT2D eigenvalue weighted by molar-refractivity contribution is 0.0168. The molecule has 1 unspecified atom stereocenters. The van der Waals surface area contributed by atoms with Gasteiger partial charge in [0.05, 0.1) is 18.8 Å². The zero-order valence-electron chi connectivity index (χ0n) is 16.7. The van der Waals surface area contributed by atoms with Crippen LogP contribution in [0.4, 0.5) is 0 Å². The van der Waals surface area contributed by atoms with Crippen LogP contribution < -0.4 is 15.4 Å². The number of nitrogens with one attached hydrogen (secondary N) is 2. The van der Waals surface area contributed by atoms with Gasteiger partial charge in [0.15, 0.2) is 5.96 Å². The van der Waals surface area contributed by atoms with E-state index in [2.05, 4.69) is 27.8 Å². The average molecular weight is 491 g/mol. The molecule has 0 saturated carbocycles. The van der Waals surface area contributed by atoms with Crippen LogP contribution in [0.3, 0.4) is 0 Å². The fourth-order valence-corrected chi connectivity index (χ4v) is 2.78. The van der Waals surface area contributed by atoms with Crippen LogP contribution in [-0.2, 0) is 16.0 Å². The second-order valence-corrected chi connectivity index (χ2v) is 6.73. The van der Waals surface area contributed by atoms with Crippen molar-refractivity contribution >= 4 is 29.9 Å². The van der Waals surface area contributed by atoms with Gasteiger partial charge in [-0.2, -0.15) is 0 Å². The molecule has 1 heterocycles. The minimum Gasteiger partial charge on any atom is -0.491 e. The monoisotopic (exact) mass is 491 g/mol. The molecule has 0 spiro atoms. The maximum atomic E-state index is 5.73. The Bertz CT molecular complexity index is 549. The van der Waals surface area contributed by atoms with E-state index in [4.69, 9.17) is 14.2 Å². The molecule has 1 atom stereocenters. The molecule has 154 valence electrons. The van der Waals surface area contributed by atoms with Crippen LogP contribution in [0.1, 0.15) is 38.7 Å². The molecule has 2 N–H and O–H groups in total. The van der Waals surface area contributed by atoms with E-state index < -0.39 is 0 Å². The van der Waals surface area contributed by atoms with Crippen molar-refractivity contribution in [2.75, 3.05) is 33.4 Å². The predicted molar refractivity (Wildman–Crippen MR) is 120 cm³/mol. The summed E-state index contributed by atoms with van der Waals surface area (Å²) in [5, 5.41) is 6.64. The first-order valence-corrected chi connectivity index (χ1v) is 9.57. The average Bonchev–Trinajstić information content (AvgIpc) is 3.13. The normalized spacial score (nSPS) is 16.9. The predicted octanol–water partition coefficient (Wildman–Crippen LogP) is 3.34. The molecule has 1 aliphatic rings. The molecule has 0 aromatic heterocycles. The summed E-state index contributed by atoms with van der Waals surface area (Å²) in [7, 11) is 1.78. The molecule has 0 amide bonds. The molecule has 1 aromatic carbocycles. The number of hydrogen-bond donors (Lipinski definition) is 2. The van der Waals surface area contributed by atoms with Crippen LogP contribution in [0.5, 0.6) is 5.75 Å². The summed E-state index contributed by atoms with van der Waals surface area (Å²) >= 11 is 0. The number of guanidine groups is 1. The Hall–Kier alpha value is -1.06. The molecule has 7 heteroatoms. The summed E-state index contributed by atoms with van der Waals surface area (Å²) in [5.41, 5.74) is 1.16. The number of halogens is 1. The van der Waals surface area contributed by atoms with E-state index in [-0.39, 0.29) is 30.1 Å². The summed E-state index contributed by atoms with van der Waals surface area (Å²) in [6.07, 6.45) is 3.69. The van der Waals surface area contributed by atoms with Crippen molar-refractivity contribution in [3.05, 3.63) is 29.8 Å². The molecule has 1 fully saturated rings. The van der Waals surface area contributed by atoms with Crippen molar-refractivity contribution in [3.63, 3.8) is 0 Å². The number of nitrogens with zero attached hydrogens (tertiary/aromatic N) is 1. The molecule has 6 nitrogen and oxygen atoms in total. The first-order valence-electron chi connectivity index (χ1n) is 9.57. The van der Waals surface area contributed by atoms with Gasteiger partial charge in [-0.25, -0.2) is 0 Å². The van der Waals surface area contributed by atoms with Gasteiger partial charge < -0.3 is 24.8 Å². The highest BCUT2D eigenvalue weighted by Crippen LogP contribution is 2.14. The summed E-state index contributed by atoms with van der Waals surface area (Å²) in [6.45, 7) is 7.90. The van der Waals surface area contributed by atoms with E-state index in [0.717, 1.165) is 56.3 Å². The fraction of sp³-hybridized carbons (Fsp3) is 0.650. The van der Waals surface area contributed by atoms with Gasteiger partial charge in [0.25, 0.3) is 0 Å². The molecule has 1 aliphatic heterocycles. The molecule has 0 bridgehead atoms. The van der Waals surface area contributed by atoms with Crippen molar-refractivity contribution in [3.8, 4) is 5.75 Å². The van der Waals surface area contributed by atoms with E-state index in [1.807, 2.05) is 26.0 Å². The fourth-order valence-electron chi connectivity index (χ4n) is 2.78. The maximum absolute atomic E-state index is 5.73. The lowest BCUT2D eigenvalue weighted by atomic mass is 10.2. The second kappa shape index (κ2) is 14.0. The van der Waals surface area contributed by atoms with Crippen LogP contribution in [0.25, 0.3) is 0 Å². The SMILES string of the molecule is CN=C(NCCCOCC1CCCO1)NCc1cccc(OC(C)C)c1.I. The van der Waals surface area contributed by atoms with Gasteiger partial charge in [-0.05, 0) is 50.8 Å². The Morgan fingerprint density at radius 3 is 2.89 bits per heavy atom. The zero-order valence-corrected chi connectivity index (χ0v) is 19.0. The Morgan fingerprint density at radius 2 is 2.19 bits per heavy atom. The van der Waals surface area contributed by atoms with Crippen molar-refractivity contribution in [1.82, 2.24) is 10.6 Å². The van der Waals surface area contributed by atoms with Crippen LogP contribution in [0.2, 0.25) is 0 Å². The topological polar surface area (TPSA) is 64.1 Å². The molecule has 0 radical (unpaired) electrons. The van der Waals surface area contributed by atoms with Gasteiger partial charge in [0, 0.05) is 33.4 Å². The van der Waals surface area contributed by atoms with E-state index in [9.17, 15) is 0 Å². The molecule has 0 aliphatic carbocycles. The molecular weight excluding hydrogens is 457 g/mol. The van der Waals surface area contributed by atoms with E-state index in [0.29, 0.717) is 19.3 Å². The van der Waals surface area contributed by atoms with Gasteiger partial charge in [-0.15, -0.1) is 24.0 Å². The van der Waals surface area contributed by atoms with Gasteiger partial charge in [0.1, 0.15) is 5.75 Å². The van der Waals surface area contributed by atoms with Crippen LogP contribution in [0.15, 0.2) is 29.3 Å². The summed E-state index contributed by atoms with van der Waals surface area (Å²) in [5.74, 6) is 1.69. The standard InChI is InChI=1S/C20H33N3O3.HI/c1-16(2)26-18-8-4-7-17(13-18)14-23-20(21-3)22-10-6-11-24-15-19-9-5-12-25-19;/h4,7-8,13,16,19H,5-6,9-12,14-15H2,1-3H3,(H2,21,22,23);1H. The van der Waals surface area contributed by atoms with E-state index in [1.54, 1.807) is 7.05 Å². The first kappa shape index (κ1) is 24.0. The van der Waals surface area contributed by atoms with Crippen LogP contribution in [-0.4, -0.2) is 51.6 Å². The summed E-state index contributed by atoms with van der Waals surface area (Å²) in [4.78, 5) is 4.26. The highest BCUT2D eigenvalue weighted by Gasteiger charge is 2.14. The Balaban J connectivity index is 0.00000364. The summed E-state index contributed by atoms with van der Waals surface area (Å²) in [6, 6.07) is 8.12. The minimum atomic E-state index is 0. The zero-order chi connectivity index (χ0) is 18.6. The largest absolute Gasteiger partial charge is 0.491 e. The van der Waals surface area contributed by atoms with Crippen molar-refractivity contribution in [1.29, 1.82) is 0 Å². The van der Waals surface area contributed by atoms with E-state index in [1.165, 1.54) is 0 Å². The third-order valence-corrected chi connectivity index (χ3v) is 4.04. The molecule has 1 aromatic rings. The van der Waals surface area contributed by atoms with Crippen molar-refractivity contribution < 1.29 is 14.2 Å². The maximum Gasteiger partial charge on any atom is 0.191 e. The highest BCUT2D eigenvalue weighted by atomic mass is 127. The Kier molecular flexibility index (Phi) is 12.4. The number of rotatable bonds is 10. The van der Waals surface area contributed by atoms with Gasteiger partial charge in [0.2, 0.25) is 0 Å². The molecule has 27 heavy (non-hydrogen) atoms. The third kappa shape index (κ3) is 10.2. The minimum absolute atomic E-state index is 0. The van der Waals surface area contributed by atoms with Gasteiger partial charge >= 0.3 is 0 Å². The first-order chi connectivity index (χ1) is 12.7. The summed E-state index contributed by atoms with van der Waals surface area (Å²) < 4.78 is 16.9. The number of hydrogen-bond acceptors (Lipinski definition) is 4. The number of ether oxygens (including phenoxy) is 3. The molecular formula is C20H34IN3O3. The van der Waals surface area contributed by atoms with Crippen molar-refractivity contribution in [2.24, 2.45) is 4.99 Å². The lowest BCUT2D eigenvalue weighted by Gasteiger charge is -2.14. The molecule has 2 rings (SSSR count). The van der Waals surface area contributed by atoms with Gasteiger partial charge in [-0.3, -0.25) is 4.99 Å². The number of benzene rings is 1. The van der Waals surface area contributed by atoms with Crippen LogP contribution >= 0.6 is 24.0 Å². The Labute approximate surface area is 180 Å². The smallest absolute Gasteiger partial charge is 0.191 e. The van der Waals surface area contributed by atoms with E-state index >= 15 is 0 Å². The van der Waals surface area contributed by atoms with Crippen molar-refractivity contribution in [2.45, 2.75) is 51.9 Å². The lowest BCUT2D eigenvalue weighted by Crippen LogP contribution is -2.37. The quantitative estimate of drug-likeness (QED) is 0.228. The molecule has 1 saturated heterocycles. The second-order valence-electron chi connectivity index (χ2n) is 6.73. The van der Waals surface area contributed by atoms with Crippen LogP contribution in [0, 0.1) is 0 Å². The third-order valence-electron chi connectivity index (χ3n) is 4.04. The Morgan fingerprint density at radius 1 is 1.33 bits per heavy atom. The highest BCUT2D eigenvalue weighted by molar-refractivity contribution is 14.0. The van der Waals surface area contributed by atoms with Gasteiger partial charge in [-0.1, -0.05) is 12.1 Å². The number of aliphatic imine (C=N–C) groups is 1.